The van der Waals surface area contributed by atoms with Crippen molar-refractivity contribution < 1.29 is 4.79 Å². The molecule has 0 aromatic heterocycles. The van der Waals surface area contributed by atoms with E-state index in [4.69, 9.17) is 0 Å². The molecule has 1 aliphatic rings. The van der Waals surface area contributed by atoms with Gasteiger partial charge in [0.2, 0.25) is 0 Å². The molecule has 1 fully saturated rings. The maximum Gasteiger partial charge on any atom is 0.255 e. The lowest BCUT2D eigenvalue weighted by molar-refractivity contribution is 0.102. The van der Waals surface area contributed by atoms with Gasteiger partial charge in [-0.05, 0) is 60.9 Å². The molecule has 4 rings (SSSR count). The lowest BCUT2D eigenvalue weighted by Gasteiger charge is -2.36. The third-order valence-corrected chi connectivity index (χ3v) is 5.76. The first-order valence-corrected chi connectivity index (χ1v) is 10.6. The molecule has 4 heteroatoms. The van der Waals surface area contributed by atoms with E-state index in [1.54, 1.807) is 0 Å². The van der Waals surface area contributed by atoms with Crippen LogP contribution in [0.4, 0.5) is 11.4 Å². The number of anilines is 2. The summed E-state index contributed by atoms with van der Waals surface area (Å²) in [5.74, 6) is -0.0632. The molecule has 1 aliphatic heterocycles. The second-order valence-electron chi connectivity index (χ2n) is 8.07. The Kier molecular flexibility index (Phi) is 6.15. The number of piperazine rings is 1. The van der Waals surface area contributed by atoms with Gasteiger partial charge in [-0.25, -0.2) is 0 Å². The molecule has 0 radical (unpaired) electrons. The average Bonchev–Trinajstić information content (AvgIpc) is 2.78. The zero-order valence-electron chi connectivity index (χ0n) is 17.8. The van der Waals surface area contributed by atoms with Crippen LogP contribution in [0.3, 0.4) is 0 Å². The number of carbonyl (C=O) groups excluding carboxylic acids is 1. The van der Waals surface area contributed by atoms with Crippen LogP contribution in [0.25, 0.3) is 0 Å². The summed E-state index contributed by atoms with van der Waals surface area (Å²) in [6.45, 7) is 9.13. The highest BCUT2D eigenvalue weighted by molar-refractivity contribution is 6.04. The van der Waals surface area contributed by atoms with E-state index in [0.29, 0.717) is 5.56 Å². The number of nitrogens with zero attached hydrogens (tertiary/aromatic N) is 2. The molecule has 0 saturated carbocycles. The van der Waals surface area contributed by atoms with Crippen molar-refractivity contribution in [3.8, 4) is 0 Å². The lowest BCUT2D eigenvalue weighted by Crippen LogP contribution is -2.45. The van der Waals surface area contributed by atoms with Crippen molar-refractivity contribution in [1.82, 2.24) is 4.90 Å². The lowest BCUT2D eigenvalue weighted by atomic mass is 10.1. The largest absolute Gasteiger partial charge is 0.369 e. The molecule has 3 aromatic carbocycles. The SMILES string of the molecule is Cc1ccc(C)c(NC(=O)c2ccc(CN3CCN(c4ccccc4)CC3)cc2)c1. The number of para-hydroxylation sites is 1. The molecular weight excluding hydrogens is 370 g/mol. The van der Waals surface area contributed by atoms with E-state index < -0.39 is 0 Å². The van der Waals surface area contributed by atoms with E-state index in [2.05, 4.69) is 63.6 Å². The number of rotatable bonds is 5. The van der Waals surface area contributed by atoms with E-state index in [9.17, 15) is 4.79 Å². The van der Waals surface area contributed by atoms with E-state index in [0.717, 1.165) is 49.5 Å². The van der Waals surface area contributed by atoms with Gasteiger partial charge in [-0.15, -0.1) is 0 Å². The van der Waals surface area contributed by atoms with Gasteiger partial charge in [-0.2, -0.15) is 0 Å². The Balaban J connectivity index is 1.32. The molecule has 30 heavy (non-hydrogen) atoms. The van der Waals surface area contributed by atoms with E-state index in [1.165, 1.54) is 11.3 Å². The Hall–Kier alpha value is -3.11. The first-order chi connectivity index (χ1) is 14.6. The fourth-order valence-electron chi connectivity index (χ4n) is 3.89. The van der Waals surface area contributed by atoms with Crippen LogP contribution in [0, 0.1) is 13.8 Å². The number of benzene rings is 3. The molecule has 1 heterocycles. The number of nitrogens with one attached hydrogen (secondary N) is 1. The van der Waals surface area contributed by atoms with Gasteiger partial charge in [-0.3, -0.25) is 9.69 Å². The van der Waals surface area contributed by atoms with E-state index in [1.807, 2.05) is 38.1 Å². The van der Waals surface area contributed by atoms with Crippen LogP contribution in [-0.2, 0) is 6.54 Å². The minimum Gasteiger partial charge on any atom is -0.369 e. The molecule has 3 aromatic rings. The van der Waals surface area contributed by atoms with Gasteiger partial charge in [0.05, 0.1) is 0 Å². The van der Waals surface area contributed by atoms with Crippen molar-refractivity contribution in [3.63, 3.8) is 0 Å². The smallest absolute Gasteiger partial charge is 0.255 e. The Morgan fingerprint density at radius 3 is 2.27 bits per heavy atom. The molecule has 1 N–H and O–H groups in total. The van der Waals surface area contributed by atoms with Crippen molar-refractivity contribution in [1.29, 1.82) is 0 Å². The van der Waals surface area contributed by atoms with Crippen LogP contribution in [0.5, 0.6) is 0 Å². The molecule has 0 unspecified atom stereocenters. The first kappa shape index (κ1) is 20.2. The predicted octanol–water partition coefficient (Wildman–Crippen LogP) is 4.88. The van der Waals surface area contributed by atoms with Gasteiger partial charge in [0.25, 0.3) is 5.91 Å². The normalized spacial score (nSPS) is 14.5. The van der Waals surface area contributed by atoms with Crippen molar-refractivity contribution in [2.75, 3.05) is 36.4 Å². The van der Waals surface area contributed by atoms with Gasteiger partial charge in [0.15, 0.2) is 0 Å². The zero-order chi connectivity index (χ0) is 20.9. The highest BCUT2D eigenvalue weighted by Crippen LogP contribution is 2.19. The first-order valence-electron chi connectivity index (χ1n) is 10.6. The molecular formula is C26H29N3O. The van der Waals surface area contributed by atoms with Crippen LogP contribution in [0.1, 0.15) is 27.0 Å². The summed E-state index contributed by atoms with van der Waals surface area (Å²) in [6, 6.07) is 24.7. The molecule has 0 spiro atoms. The minimum atomic E-state index is -0.0632. The van der Waals surface area contributed by atoms with Crippen molar-refractivity contribution in [2.24, 2.45) is 0 Å². The van der Waals surface area contributed by atoms with E-state index >= 15 is 0 Å². The van der Waals surface area contributed by atoms with Gasteiger partial charge in [0.1, 0.15) is 0 Å². The summed E-state index contributed by atoms with van der Waals surface area (Å²) in [5.41, 5.74) is 6.32. The van der Waals surface area contributed by atoms with Crippen LogP contribution >= 0.6 is 0 Å². The maximum absolute atomic E-state index is 12.6. The molecule has 0 aliphatic carbocycles. The number of hydrogen-bond acceptors (Lipinski definition) is 3. The van der Waals surface area contributed by atoms with Crippen LogP contribution in [0.15, 0.2) is 72.8 Å². The van der Waals surface area contributed by atoms with Crippen molar-refractivity contribution in [2.45, 2.75) is 20.4 Å². The predicted molar refractivity (Wildman–Crippen MR) is 124 cm³/mol. The van der Waals surface area contributed by atoms with E-state index in [-0.39, 0.29) is 5.91 Å². The monoisotopic (exact) mass is 399 g/mol. The maximum atomic E-state index is 12.6. The van der Waals surface area contributed by atoms with Gasteiger partial charge >= 0.3 is 0 Å². The Labute approximate surface area is 179 Å². The summed E-state index contributed by atoms with van der Waals surface area (Å²) in [6.07, 6.45) is 0. The Morgan fingerprint density at radius 2 is 1.57 bits per heavy atom. The zero-order valence-corrected chi connectivity index (χ0v) is 17.8. The van der Waals surface area contributed by atoms with Crippen LogP contribution in [-0.4, -0.2) is 37.0 Å². The Morgan fingerprint density at radius 1 is 0.867 bits per heavy atom. The van der Waals surface area contributed by atoms with Gasteiger partial charge in [-0.1, -0.05) is 42.5 Å². The molecule has 1 amide bonds. The Bertz CT molecular complexity index is 991. The summed E-state index contributed by atoms with van der Waals surface area (Å²) < 4.78 is 0. The summed E-state index contributed by atoms with van der Waals surface area (Å²) in [5, 5.41) is 3.03. The van der Waals surface area contributed by atoms with Crippen molar-refractivity contribution in [3.05, 3.63) is 95.1 Å². The van der Waals surface area contributed by atoms with Crippen LogP contribution in [0.2, 0.25) is 0 Å². The summed E-state index contributed by atoms with van der Waals surface area (Å²) in [4.78, 5) is 17.5. The summed E-state index contributed by atoms with van der Waals surface area (Å²) >= 11 is 0. The quantitative estimate of drug-likeness (QED) is 0.664. The minimum absolute atomic E-state index is 0.0632. The third-order valence-electron chi connectivity index (χ3n) is 5.76. The fourth-order valence-corrected chi connectivity index (χ4v) is 3.89. The van der Waals surface area contributed by atoms with Gasteiger partial charge < -0.3 is 10.2 Å². The molecule has 1 saturated heterocycles. The number of hydrogen-bond donors (Lipinski definition) is 1. The molecule has 0 atom stereocenters. The second-order valence-corrected chi connectivity index (χ2v) is 8.07. The second kappa shape index (κ2) is 9.14. The molecule has 154 valence electrons. The van der Waals surface area contributed by atoms with Crippen LogP contribution < -0.4 is 10.2 Å². The number of carbonyl (C=O) groups is 1. The molecule has 0 bridgehead atoms. The van der Waals surface area contributed by atoms with Gasteiger partial charge in [0, 0.05) is 49.7 Å². The third kappa shape index (κ3) is 4.89. The number of aryl methyl sites for hydroxylation is 2. The standard InChI is InChI=1S/C26H29N3O/c1-20-8-9-21(2)25(18-20)27-26(30)23-12-10-22(11-13-23)19-28-14-16-29(17-15-28)24-6-4-3-5-7-24/h3-13,18H,14-17,19H2,1-2H3,(H,27,30). The number of amides is 1. The average molecular weight is 400 g/mol. The molecule has 4 nitrogen and oxygen atoms in total. The topological polar surface area (TPSA) is 35.6 Å². The fraction of sp³-hybridized carbons (Fsp3) is 0.269. The van der Waals surface area contributed by atoms with Crippen molar-refractivity contribution >= 4 is 17.3 Å². The highest BCUT2D eigenvalue weighted by Gasteiger charge is 2.17. The highest BCUT2D eigenvalue weighted by atomic mass is 16.1. The summed E-state index contributed by atoms with van der Waals surface area (Å²) in [7, 11) is 0.